The minimum atomic E-state index is 0.0122. The molecule has 0 radical (unpaired) electrons. The highest BCUT2D eigenvalue weighted by molar-refractivity contribution is 6.26. The molecule has 1 heterocycles. The molecule has 0 N–H and O–H groups in total. The molecule has 0 aliphatic heterocycles. The summed E-state index contributed by atoms with van der Waals surface area (Å²) in [6.45, 7) is 2.90. The van der Waals surface area contributed by atoms with E-state index in [0.717, 1.165) is 41.9 Å². The average molecular weight is 355 g/mol. The van der Waals surface area contributed by atoms with E-state index in [0.29, 0.717) is 23.5 Å². The molecule has 3 heteroatoms. The zero-order valence-electron chi connectivity index (χ0n) is 15.4. The fourth-order valence-corrected chi connectivity index (χ4v) is 4.66. The highest BCUT2D eigenvalue weighted by Crippen LogP contribution is 2.44. The van der Waals surface area contributed by atoms with Crippen LogP contribution in [0.3, 0.4) is 0 Å². The fraction of sp³-hybridized carbons (Fsp3) is 0.250. The molecule has 134 valence electrons. The van der Waals surface area contributed by atoms with E-state index in [1.807, 2.05) is 30.3 Å². The van der Waals surface area contributed by atoms with Gasteiger partial charge >= 0.3 is 0 Å². The lowest BCUT2D eigenvalue weighted by molar-refractivity contribution is 0.0941. The van der Waals surface area contributed by atoms with Crippen molar-refractivity contribution in [2.24, 2.45) is 5.92 Å². The van der Waals surface area contributed by atoms with Crippen molar-refractivity contribution >= 4 is 11.6 Å². The van der Waals surface area contributed by atoms with Crippen LogP contribution in [0.1, 0.15) is 50.9 Å². The fourth-order valence-electron chi connectivity index (χ4n) is 4.66. The van der Waals surface area contributed by atoms with Crippen LogP contribution in [0, 0.1) is 5.92 Å². The maximum Gasteiger partial charge on any atom is 0.196 e. The van der Waals surface area contributed by atoms with E-state index in [-0.39, 0.29) is 11.6 Å². The van der Waals surface area contributed by atoms with Gasteiger partial charge < -0.3 is 4.57 Å². The first-order valence-corrected chi connectivity index (χ1v) is 9.61. The zero-order valence-corrected chi connectivity index (χ0v) is 15.4. The average Bonchev–Trinajstić information content (AvgIpc) is 3.14. The first kappa shape index (κ1) is 16.2. The summed E-state index contributed by atoms with van der Waals surface area (Å²) in [6.07, 6.45) is 2.28. The van der Waals surface area contributed by atoms with Crippen molar-refractivity contribution in [2.45, 2.75) is 32.7 Å². The molecule has 0 amide bonds. The summed E-state index contributed by atoms with van der Waals surface area (Å²) in [5.74, 6) is 0.457. The Morgan fingerprint density at radius 2 is 1.59 bits per heavy atom. The second-order valence-corrected chi connectivity index (χ2v) is 7.74. The van der Waals surface area contributed by atoms with Crippen molar-refractivity contribution in [3.63, 3.8) is 0 Å². The summed E-state index contributed by atoms with van der Waals surface area (Å²) in [4.78, 5) is 26.0. The van der Waals surface area contributed by atoms with Gasteiger partial charge in [-0.05, 0) is 24.3 Å². The van der Waals surface area contributed by atoms with Gasteiger partial charge in [0.15, 0.2) is 11.6 Å². The predicted molar refractivity (Wildman–Crippen MR) is 105 cm³/mol. The third-order valence-corrected chi connectivity index (χ3v) is 5.85. The number of benzene rings is 2. The van der Waals surface area contributed by atoms with Gasteiger partial charge in [-0.3, -0.25) is 9.59 Å². The molecule has 2 aromatic carbocycles. The Bertz CT molecular complexity index is 1080. The Kier molecular flexibility index (Phi) is 3.64. The van der Waals surface area contributed by atoms with Crippen molar-refractivity contribution in [3.8, 4) is 11.3 Å². The standard InChI is InChI=1S/C24H21NO2/c1-15-13-19-21(20(26)14-15)22-23(17-9-5-6-10-18(17)24(22)27)25(19)12-11-16-7-3-2-4-8-16/h2-10,15H,11-14H2,1H3. The number of ketones is 2. The van der Waals surface area contributed by atoms with Gasteiger partial charge in [-0.1, -0.05) is 61.5 Å². The lowest BCUT2D eigenvalue weighted by Crippen LogP contribution is -2.21. The predicted octanol–water partition coefficient (Wildman–Crippen LogP) is 4.71. The van der Waals surface area contributed by atoms with Crippen LogP contribution in [0.15, 0.2) is 54.6 Å². The van der Waals surface area contributed by atoms with Crippen LogP contribution < -0.4 is 0 Å². The first-order valence-electron chi connectivity index (χ1n) is 9.61. The van der Waals surface area contributed by atoms with Crippen molar-refractivity contribution in [1.29, 1.82) is 0 Å². The topological polar surface area (TPSA) is 39.1 Å². The van der Waals surface area contributed by atoms with E-state index >= 15 is 0 Å². The van der Waals surface area contributed by atoms with Crippen LogP contribution in [0.2, 0.25) is 0 Å². The van der Waals surface area contributed by atoms with Crippen LogP contribution >= 0.6 is 0 Å². The van der Waals surface area contributed by atoms with Gasteiger partial charge in [0, 0.05) is 29.8 Å². The number of carbonyl (C=O) groups excluding carboxylic acids is 2. The molecule has 1 aromatic heterocycles. The van der Waals surface area contributed by atoms with E-state index in [1.165, 1.54) is 5.56 Å². The Hall–Kier alpha value is -2.94. The molecule has 0 fully saturated rings. The number of carbonyl (C=O) groups is 2. The molecule has 2 aliphatic carbocycles. The van der Waals surface area contributed by atoms with Gasteiger partial charge in [0.25, 0.3) is 0 Å². The molecule has 2 aliphatic rings. The highest BCUT2D eigenvalue weighted by atomic mass is 16.1. The van der Waals surface area contributed by atoms with Gasteiger partial charge in [-0.2, -0.15) is 0 Å². The Morgan fingerprint density at radius 3 is 2.37 bits per heavy atom. The third kappa shape index (κ3) is 2.42. The number of hydrogen-bond acceptors (Lipinski definition) is 2. The number of rotatable bonds is 3. The van der Waals surface area contributed by atoms with Crippen LogP contribution in [0.25, 0.3) is 11.3 Å². The lowest BCUT2D eigenvalue weighted by Gasteiger charge is -2.21. The molecule has 1 atom stereocenters. The number of hydrogen-bond donors (Lipinski definition) is 0. The Labute approximate surface area is 158 Å². The van der Waals surface area contributed by atoms with E-state index in [1.54, 1.807) is 0 Å². The van der Waals surface area contributed by atoms with Gasteiger partial charge in [0.05, 0.1) is 16.8 Å². The van der Waals surface area contributed by atoms with Crippen molar-refractivity contribution in [1.82, 2.24) is 4.57 Å². The van der Waals surface area contributed by atoms with Crippen molar-refractivity contribution < 1.29 is 9.59 Å². The maximum atomic E-state index is 13.1. The van der Waals surface area contributed by atoms with Gasteiger partial charge in [-0.25, -0.2) is 0 Å². The number of aromatic nitrogens is 1. The molecule has 1 unspecified atom stereocenters. The summed E-state index contributed by atoms with van der Waals surface area (Å²) in [5, 5.41) is 0. The van der Waals surface area contributed by atoms with E-state index in [4.69, 9.17) is 0 Å². The number of nitrogens with zero attached hydrogens (tertiary/aromatic N) is 1. The second-order valence-electron chi connectivity index (χ2n) is 7.74. The molecule has 5 rings (SSSR count). The molecule has 0 saturated carbocycles. The quantitative estimate of drug-likeness (QED) is 0.534. The Morgan fingerprint density at radius 1 is 0.889 bits per heavy atom. The van der Waals surface area contributed by atoms with E-state index in [9.17, 15) is 9.59 Å². The minimum Gasteiger partial charge on any atom is -0.343 e. The second kappa shape index (κ2) is 6.05. The molecular formula is C24H21NO2. The zero-order chi connectivity index (χ0) is 18.5. The molecular weight excluding hydrogens is 334 g/mol. The molecule has 0 bridgehead atoms. The van der Waals surface area contributed by atoms with Gasteiger partial charge in [0.2, 0.25) is 0 Å². The number of fused-ring (bicyclic) bond motifs is 5. The normalized spacial score (nSPS) is 17.6. The summed E-state index contributed by atoms with van der Waals surface area (Å²) >= 11 is 0. The Balaban J connectivity index is 1.69. The SMILES string of the molecule is CC1CC(=O)c2c3c(n(CCc4ccccc4)c2C1)-c1ccccc1C3=O. The summed E-state index contributed by atoms with van der Waals surface area (Å²) < 4.78 is 2.26. The van der Waals surface area contributed by atoms with Crippen molar-refractivity contribution in [2.75, 3.05) is 0 Å². The molecule has 0 saturated heterocycles. The van der Waals surface area contributed by atoms with Crippen molar-refractivity contribution in [3.05, 3.63) is 82.5 Å². The van der Waals surface area contributed by atoms with Crippen LogP contribution in [0.4, 0.5) is 0 Å². The maximum absolute atomic E-state index is 13.1. The summed E-state index contributed by atoms with van der Waals surface area (Å²) in [5.41, 5.74) is 6.32. The summed E-state index contributed by atoms with van der Waals surface area (Å²) in [6, 6.07) is 18.1. The van der Waals surface area contributed by atoms with Crippen LogP contribution in [-0.2, 0) is 19.4 Å². The van der Waals surface area contributed by atoms with E-state index < -0.39 is 0 Å². The molecule has 3 aromatic rings. The monoisotopic (exact) mass is 355 g/mol. The van der Waals surface area contributed by atoms with Gasteiger partial charge in [0.1, 0.15) is 0 Å². The van der Waals surface area contributed by atoms with Gasteiger partial charge in [-0.15, -0.1) is 0 Å². The lowest BCUT2D eigenvalue weighted by atomic mass is 9.86. The molecule has 3 nitrogen and oxygen atoms in total. The smallest absolute Gasteiger partial charge is 0.196 e. The highest BCUT2D eigenvalue weighted by Gasteiger charge is 2.40. The number of aryl methyl sites for hydroxylation is 1. The molecule has 27 heavy (non-hydrogen) atoms. The largest absolute Gasteiger partial charge is 0.343 e. The van der Waals surface area contributed by atoms with Crippen LogP contribution in [0.5, 0.6) is 0 Å². The number of Topliss-reactive ketones (excluding diaryl/α,β-unsaturated/α-hetero) is 1. The van der Waals surface area contributed by atoms with Crippen LogP contribution in [-0.4, -0.2) is 16.1 Å². The van der Waals surface area contributed by atoms with E-state index in [2.05, 4.69) is 35.8 Å². The first-order chi connectivity index (χ1) is 13.1. The third-order valence-electron chi connectivity index (χ3n) is 5.85. The minimum absolute atomic E-state index is 0.0122. The summed E-state index contributed by atoms with van der Waals surface area (Å²) in [7, 11) is 0. The molecule has 0 spiro atoms.